The molecular formula is C50H51AuN3-2. The van der Waals surface area contributed by atoms with Gasteiger partial charge >= 0.3 is 0 Å². The van der Waals surface area contributed by atoms with E-state index >= 15 is 0 Å². The number of anilines is 5. The van der Waals surface area contributed by atoms with E-state index in [-0.39, 0.29) is 27.8 Å². The van der Waals surface area contributed by atoms with E-state index in [0.29, 0.717) is 0 Å². The van der Waals surface area contributed by atoms with Gasteiger partial charge in [0.2, 0.25) is 0 Å². The van der Waals surface area contributed by atoms with Gasteiger partial charge in [0, 0.05) is 50.8 Å². The average molecular weight is 891 g/mol. The number of hydrogen-bond acceptors (Lipinski definition) is 3. The van der Waals surface area contributed by atoms with Crippen LogP contribution in [0.4, 0.5) is 28.4 Å². The number of hydrogen-bond donors (Lipinski definition) is 0. The molecule has 54 heavy (non-hydrogen) atoms. The van der Waals surface area contributed by atoms with E-state index in [1.165, 1.54) is 84.1 Å². The quantitative estimate of drug-likeness (QED) is 0.117. The molecular weight excluding hydrogens is 840 g/mol. The smallest absolute Gasteiger partial charge is 0.0464 e. The zero-order valence-corrected chi connectivity index (χ0v) is 35.0. The van der Waals surface area contributed by atoms with Crippen LogP contribution in [-0.4, -0.2) is 0 Å². The van der Waals surface area contributed by atoms with Crippen molar-refractivity contribution in [3.8, 4) is 11.1 Å². The number of para-hydroxylation sites is 2. The van der Waals surface area contributed by atoms with Gasteiger partial charge in [-0.25, -0.2) is 0 Å². The number of nitrogens with zero attached hydrogens (tertiary/aromatic N) is 3. The van der Waals surface area contributed by atoms with Gasteiger partial charge in [0.15, 0.2) is 0 Å². The molecule has 6 aromatic rings. The van der Waals surface area contributed by atoms with Crippen molar-refractivity contribution in [2.75, 3.05) is 14.7 Å². The van der Waals surface area contributed by atoms with Crippen molar-refractivity contribution in [2.45, 2.75) is 73.6 Å². The zero-order valence-electron chi connectivity index (χ0n) is 32.8. The number of benzene rings is 6. The van der Waals surface area contributed by atoms with Gasteiger partial charge in [-0.2, -0.15) is 24.3 Å². The molecule has 3 nitrogen and oxygen atoms in total. The molecule has 0 aromatic heterocycles. The molecule has 6 aromatic carbocycles. The molecule has 2 aliphatic rings. The fourth-order valence-corrected chi connectivity index (χ4v) is 8.90. The molecule has 0 N–H and O–H groups in total. The Morgan fingerprint density at radius 2 is 1.02 bits per heavy atom. The normalized spacial score (nSPS) is 13.5. The summed E-state index contributed by atoms with van der Waals surface area (Å²) in [5.74, 6) is 0. The molecule has 0 saturated carbocycles. The minimum Gasteiger partial charge on any atom is -0.479 e. The van der Waals surface area contributed by atoms with Crippen LogP contribution in [-0.2, 0) is 27.8 Å². The van der Waals surface area contributed by atoms with Crippen molar-refractivity contribution < 1.29 is 22.4 Å². The van der Waals surface area contributed by atoms with Gasteiger partial charge < -0.3 is 14.7 Å². The Labute approximate surface area is 339 Å². The van der Waals surface area contributed by atoms with E-state index in [2.05, 4.69) is 210 Å². The summed E-state index contributed by atoms with van der Waals surface area (Å²) in [6, 6.07) is 47.0. The molecule has 0 amide bonds. The van der Waals surface area contributed by atoms with Crippen molar-refractivity contribution in [2.24, 2.45) is 0 Å². The van der Waals surface area contributed by atoms with Crippen LogP contribution in [0, 0.1) is 54.3 Å². The average Bonchev–Trinajstić information content (AvgIpc) is 3.73. The van der Waals surface area contributed by atoms with Crippen LogP contribution in [0.3, 0.4) is 0 Å². The standard InChI is InChI=1S/C29H26N.C21H25N2.Au/c1-3-29(4-2)27-18-12-11-17-25(27)26-20-19-24(21-28(26)29)30(22-13-7-5-8-14-22)23-15-9-6-10-16-23;1-14-9-16(3)20(17(4)10-14)22-7-8-23(13-22)21-18(5)11-15(2)12-19(21)6;/h5-11,13-21H,3-4H2,1-2H3;7-13H,1-6H3;/q2*-1;. The summed E-state index contributed by atoms with van der Waals surface area (Å²) < 4.78 is 0. The predicted molar refractivity (Wildman–Crippen MR) is 226 cm³/mol. The molecule has 1 radical (unpaired) electrons. The Bertz CT molecular complexity index is 2120. The van der Waals surface area contributed by atoms with Crippen LogP contribution >= 0.6 is 0 Å². The molecule has 1 heterocycles. The second-order valence-corrected chi connectivity index (χ2v) is 14.7. The summed E-state index contributed by atoms with van der Waals surface area (Å²) in [6.07, 6.45) is 6.45. The molecule has 0 atom stereocenters. The Morgan fingerprint density at radius 1 is 0.556 bits per heavy atom. The van der Waals surface area contributed by atoms with Crippen LogP contribution < -0.4 is 14.7 Å². The second-order valence-electron chi connectivity index (χ2n) is 14.7. The maximum Gasteiger partial charge on any atom is 0.0464 e. The zero-order chi connectivity index (χ0) is 37.3. The van der Waals surface area contributed by atoms with Gasteiger partial charge in [0.25, 0.3) is 0 Å². The first-order valence-corrected chi connectivity index (χ1v) is 19.0. The third-order valence-electron chi connectivity index (χ3n) is 11.1. The first-order valence-electron chi connectivity index (χ1n) is 19.0. The summed E-state index contributed by atoms with van der Waals surface area (Å²) in [5.41, 5.74) is 19.6. The number of fused-ring (bicyclic) bond motifs is 3. The molecule has 0 bridgehead atoms. The predicted octanol–water partition coefficient (Wildman–Crippen LogP) is 13.5. The minimum atomic E-state index is 0. The first kappa shape index (κ1) is 38.9. The molecule has 0 fully saturated rings. The van der Waals surface area contributed by atoms with Gasteiger partial charge in [-0.1, -0.05) is 105 Å². The monoisotopic (exact) mass is 890 g/mol. The van der Waals surface area contributed by atoms with E-state index in [1.54, 1.807) is 0 Å². The summed E-state index contributed by atoms with van der Waals surface area (Å²) in [5, 5.41) is 0. The molecule has 8 rings (SSSR count). The molecule has 4 heteroatoms. The fraction of sp³-hybridized carbons (Fsp3) is 0.220. The maximum atomic E-state index is 3.33. The SMILES string of the molecule is CCC1(CC)c2c[c-]ccc2-c2ccc(N(c3ccccc3)c3ccccc3)cc21.Cc1cc(C)c(N2C=CN(c3c(C)cc(C)cc3C)[CH-]2)c(C)c1.[Au]. The molecule has 0 spiro atoms. The maximum absolute atomic E-state index is 3.33. The Hall–Kier alpha value is -4.80. The molecule has 1 aliphatic carbocycles. The van der Waals surface area contributed by atoms with Crippen LogP contribution in [0.2, 0.25) is 0 Å². The van der Waals surface area contributed by atoms with Crippen molar-refractivity contribution >= 4 is 28.4 Å². The number of aryl methyl sites for hydroxylation is 6. The van der Waals surface area contributed by atoms with Crippen LogP contribution in [0.1, 0.15) is 71.2 Å². The minimum absolute atomic E-state index is 0. The third kappa shape index (κ3) is 7.21. The van der Waals surface area contributed by atoms with E-state index in [4.69, 9.17) is 0 Å². The van der Waals surface area contributed by atoms with Crippen molar-refractivity contribution in [1.29, 1.82) is 0 Å². The van der Waals surface area contributed by atoms with E-state index in [9.17, 15) is 0 Å². The van der Waals surface area contributed by atoms with Crippen molar-refractivity contribution in [1.82, 2.24) is 0 Å². The topological polar surface area (TPSA) is 9.72 Å². The van der Waals surface area contributed by atoms with Gasteiger partial charge in [-0.3, -0.25) is 0 Å². The van der Waals surface area contributed by atoms with Crippen LogP contribution in [0.5, 0.6) is 0 Å². The Balaban J connectivity index is 0.000000187. The molecule has 0 unspecified atom stereocenters. The largest absolute Gasteiger partial charge is 0.479 e. The molecule has 279 valence electrons. The Kier molecular flexibility index (Phi) is 11.7. The third-order valence-corrected chi connectivity index (χ3v) is 11.1. The van der Waals surface area contributed by atoms with E-state index in [0.717, 1.165) is 12.8 Å². The summed E-state index contributed by atoms with van der Waals surface area (Å²) in [4.78, 5) is 6.80. The van der Waals surface area contributed by atoms with Gasteiger partial charge in [0.05, 0.1) is 0 Å². The van der Waals surface area contributed by atoms with Gasteiger partial charge in [-0.15, -0.1) is 17.8 Å². The Morgan fingerprint density at radius 3 is 1.48 bits per heavy atom. The van der Waals surface area contributed by atoms with E-state index in [1.807, 2.05) is 6.07 Å². The first-order chi connectivity index (χ1) is 25.6. The molecule has 1 aliphatic heterocycles. The van der Waals surface area contributed by atoms with E-state index < -0.39 is 0 Å². The van der Waals surface area contributed by atoms with Crippen LogP contribution in [0.15, 0.2) is 134 Å². The summed E-state index contributed by atoms with van der Waals surface area (Å²) >= 11 is 0. The summed E-state index contributed by atoms with van der Waals surface area (Å²) in [6.45, 7) is 19.8. The van der Waals surface area contributed by atoms with Crippen molar-refractivity contribution in [3.05, 3.63) is 191 Å². The fourth-order valence-electron chi connectivity index (χ4n) is 8.90. The van der Waals surface area contributed by atoms with Crippen LogP contribution in [0.25, 0.3) is 11.1 Å². The van der Waals surface area contributed by atoms with Gasteiger partial charge in [-0.05, 0) is 129 Å². The molecule has 0 saturated heterocycles. The second kappa shape index (κ2) is 16.3. The summed E-state index contributed by atoms with van der Waals surface area (Å²) in [7, 11) is 0. The van der Waals surface area contributed by atoms with Crippen molar-refractivity contribution in [3.63, 3.8) is 0 Å². The van der Waals surface area contributed by atoms with Gasteiger partial charge in [0.1, 0.15) is 0 Å². The number of rotatable bonds is 7.